The summed E-state index contributed by atoms with van der Waals surface area (Å²) in [5, 5.41) is 1.07. The van der Waals surface area contributed by atoms with Crippen LogP contribution in [0.3, 0.4) is 0 Å². The van der Waals surface area contributed by atoms with Crippen LogP contribution in [-0.4, -0.2) is 22.3 Å². The number of hydrogen-bond acceptors (Lipinski definition) is 2. The zero-order chi connectivity index (χ0) is 14.8. The van der Waals surface area contributed by atoms with E-state index in [2.05, 4.69) is 27.0 Å². The maximum Gasteiger partial charge on any atom is 0.256 e. The van der Waals surface area contributed by atoms with Crippen molar-refractivity contribution >= 4 is 44.1 Å². The molecule has 5 heteroatoms. The zero-order valence-corrected chi connectivity index (χ0v) is 14.0. The van der Waals surface area contributed by atoms with Crippen LogP contribution >= 0.6 is 27.3 Å². The van der Waals surface area contributed by atoms with Gasteiger partial charge in [-0.2, -0.15) is 0 Å². The number of aromatic amines is 1. The molecule has 0 saturated carbocycles. The fraction of sp³-hybridized carbons (Fsp3) is 0.188. The lowest BCUT2D eigenvalue weighted by Gasteiger charge is -2.20. The van der Waals surface area contributed by atoms with Gasteiger partial charge in [-0.3, -0.25) is 4.79 Å². The molecule has 108 valence electrons. The number of carbonyl (C=O) groups is 1. The highest BCUT2D eigenvalue weighted by Gasteiger charge is 2.18. The summed E-state index contributed by atoms with van der Waals surface area (Å²) in [5.41, 5.74) is 1.64. The van der Waals surface area contributed by atoms with Gasteiger partial charge in [0.1, 0.15) is 0 Å². The summed E-state index contributed by atoms with van der Waals surface area (Å²) in [7, 11) is 0. The van der Waals surface area contributed by atoms with Crippen molar-refractivity contribution in [3.8, 4) is 0 Å². The number of amides is 1. The van der Waals surface area contributed by atoms with E-state index in [0.717, 1.165) is 20.3 Å². The van der Waals surface area contributed by atoms with Gasteiger partial charge in [0.15, 0.2) is 0 Å². The van der Waals surface area contributed by atoms with Gasteiger partial charge in [0.2, 0.25) is 0 Å². The summed E-state index contributed by atoms with van der Waals surface area (Å²) in [6.07, 6.45) is 1.87. The van der Waals surface area contributed by atoms with Crippen LogP contribution in [0, 0.1) is 0 Å². The molecule has 0 fully saturated rings. The molecule has 3 aromatic rings. The first kappa shape index (κ1) is 14.4. The van der Waals surface area contributed by atoms with Crippen molar-refractivity contribution in [3.05, 3.63) is 56.8 Å². The van der Waals surface area contributed by atoms with Crippen molar-refractivity contribution in [2.45, 2.75) is 13.5 Å². The van der Waals surface area contributed by atoms with E-state index >= 15 is 0 Å². The first-order valence-corrected chi connectivity index (χ1v) is 8.39. The summed E-state index contributed by atoms with van der Waals surface area (Å²) >= 11 is 5.13. The maximum atomic E-state index is 12.8. The van der Waals surface area contributed by atoms with Crippen LogP contribution in [-0.2, 0) is 6.54 Å². The molecule has 0 saturated heterocycles. The highest BCUT2D eigenvalue weighted by molar-refractivity contribution is 9.11. The Balaban J connectivity index is 1.90. The van der Waals surface area contributed by atoms with Crippen LogP contribution in [0.5, 0.6) is 0 Å². The molecule has 0 bridgehead atoms. The van der Waals surface area contributed by atoms with Crippen molar-refractivity contribution in [2.75, 3.05) is 6.54 Å². The number of nitrogens with one attached hydrogen (secondary N) is 1. The molecular weight excluding hydrogens is 348 g/mol. The third kappa shape index (κ3) is 2.89. The van der Waals surface area contributed by atoms with E-state index in [1.807, 2.05) is 48.4 Å². The van der Waals surface area contributed by atoms with Crippen molar-refractivity contribution in [3.63, 3.8) is 0 Å². The number of para-hydroxylation sites is 1. The molecule has 2 aromatic heterocycles. The molecule has 0 aliphatic rings. The molecule has 3 nitrogen and oxygen atoms in total. The topological polar surface area (TPSA) is 36.1 Å². The molecule has 21 heavy (non-hydrogen) atoms. The first-order chi connectivity index (χ1) is 10.2. The molecule has 3 rings (SSSR count). The molecule has 0 aliphatic carbocycles. The molecule has 0 atom stereocenters. The van der Waals surface area contributed by atoms with E-state index in [4.69, 9.17) is 0 Å². The third-order valence-corrected chi connectivity index (χ3v) is 5.07. The van der Waals surface area contributed by atoms with Gasteiger partial charge in [-0.15, -0.1) is 11.3 Å². The Hall–Kier alpha value is -1.59. The van der Waals surface area contributed by atoms with E-state index < -0.39 is 0 Å². The SMILES string of the molecule is CCN(Cc1ccc(Br)s1)C(=O)c1cccc2cc[nH]c12. The minimum Gasteiger partial charge on any atom is -0.361 e. The van der Waals surface area contributed by atoms with E-state index in [1.54, 1.807) is 11.3 Å². The molecule has 0 radical (unpaired) electrons. The lowest BCUT2D eigenvalue weighted by Crippen LogP contribution is -2.30. The summed E-state index contributed by atoms with van der Waals surface area (Å²) < 4.78 is 1.09. The Kier molecular flexibility index (Phi) is 4.12. The quantitative estimate of drug-likeness (QED) is 0.719. The van der Waals surface area contributed by atoms with Crippen LogP contribution < -0.4 is 0 Å². The van der Waals surface area contributed by atoms with Gasteiger partial charge in [-0.05, 0) is 47.1 Å². The van der Waals surface area contributed by atoms with Gasteiger partial charge < -0.3 is 9.88 Å². The number of carbonyl (C=O) groups excluding carboxylic acids is 1. The molecule has 0 unspecified atom stereocenters. The smallest absolute Gasteiger partial charge is 0.256 e. The average Bonchev–Trinajstić information content (AvgIpc) is 3.12. The second-order valence-corrected chi connectivity index (χ2v) is 7.32. The number of rotatable bonds is 4. The Labute approximate surface area is 135 Å². The van der Waals surface area contributed by atoms with Crippen LogP contribution in [0.25, 0.3) is 10.9 Å². The highest BCUT2D eigenvalue weighted by atomic mass is 79.9. The normalized spacial score (nSPS) is 11.0. The molecule has 0 spiro atoms. The largest absolute Gasteiger partial charge is 0.361 e. The van der Waals surface area contributed by atoms with Gasteiger partial charge in [0.25, 0.3) is 5.91 Å². The lowest BCUT2D eigenvalue weighted by atomic mass is 10.1. The van der Waals surface area contributed by atoms with E-state index in [-0.39, 0.29) is 5.91 Å². The molecule has 1 aromatic carbocycles. The molecule has 1 amide bonds. The summed E-state index contributed by atoms with van der Waals surface area (Å²) in [4.78, 5) is 19.0. The summed E-state index contributed by atoms with van der Waals surface area (Å²) in [5.74, 6) is 0.0649. The minimum atomic E-state index is 0.0649. The number of H-pyrrole nitrogens is 1. The summed E-state index contributed by atoms with van der Waals surface area (Å²) in [6.45, 7) is 3.34. The van der Waals surface area contributed by atoms with Gasteiger partial charge >= 0.3 is 0 Å². The zero-order valence-electron chi connectivity index (χ0n) is 11.6. The molecule has 1 N–H and O–H groups in total. The predicted molar refractivity (Wildman–Crippen MR) is 90.7 cm³/mol. The first-order valence-electron chi connectivity index (χ1n) is 6.78. The Bertz CT molecular complexity index is 777. The number of nitrogens with zero attached hydrogens (tertiary/aromatic N) is 1. The Morgan fingerprint density at radius 1 is 1.29 bits per heavy atom. The van der Waals surface area contributed by atoms with E-state index in [9.17, 15) is 4.79 Å². The number of benzene rings is 1. The van der Waals surface area contributed by atoms with Crippen molar-refractivity contribution in [1.82, 2.24) is 9.88 Å². The lowest BCUT2D eigenvalue weighted by molar-refractivity contribution is 0.0756. The van der Waals surface area contributed by atoms with Crippen molar-refractivity contribution < 1.29 is 4.79 Å². The maximum absolute atomic E-state index is 12.8. The Morgan fingerprint density at radius 3 is 2.86 bits per heavy atom. The molecule has 2 heterocycles. The number of halogens is 1. The van der Waals surface area contributed by atoms with Gasteiger partial charge in [-0.25, -0.2) is 0 Å². The predicted octanol–water partition coefficient (Wildman–Crippen LogP) is 4.65. The number of thiophene rings is 1. The third-order valence-electron chi connectivity index (χ3n) is 3.46. The standard InChI is InChI=1S/C16H15BrN2OS/c1-2-19(10-12-6-7-14(17)21-12)16(20)13-5-3-4-11-8-9-18-15(11)13/h3-9,18H,2,10H2,1H3. The van der Waals surface area contributed by atoms with Crippen molar-refractivity contribution in [1.29, 1.82) is 0 Å². The molecule has 0 aliphatic heterocycles. The van der Waals surface area contributed by atoms with Gasteiger partial charge in [0.05, 0.1) is 21.4 Å². The minimum absolute atomic E-state index is 0.0649. The monoisotopic (exact) mass is 362 g/mol. The van der Waals surface area contributed by atoms with Crippen molar-refractivity contribution in [2.24, 2.45) is 0 Å². The fourth-order valence-electron chi connectivity index (χ4n) is 2.39. The number of fused-ring (bicyclic) bond motifs is 1. The van der Waals surface area contributed by atoms with Crippen LogP contribution in [0.1, 0.15) is 22.2 Å². The van der Waals surface area contributed by atoms with E-state index in [1.165, 1.54) is 4.88 Å². The molecular formula is C16H15BrN2OS. The van der Waals surface area contributed by atoms with Gasteiger partial charge in [-0.1, -0.05) is 12.1 Å². The van der Waals surface area contributed by atoms with Crippen LogP contribution in [0.4, 0.5) is 0 Å². The number of aromatic nitrogens is 1. The number of hydrogen-bond donors (Lipinski definition) is 1. The second kappa shape index (κ2) is 6.03. The fourth-order valence-corrected chi connectivity index (χ4v) is 3.88. The van der Waals surface area contributed by atoms with Gasteiger partial charge in [0, 0.05) is 23.0 Å². The average molecular weight is 363 g/mol. The van der Waals surface area contributed by atoms with E-state index in [0.29, 0.717) is 13.1 Å². The second-order valence-electron chi connectivity index (χ2n) is 4.77. The van der Waals surface area contributed by atoms with Crippen LogP contribution in [0.2, 0.25) is 0 Å². The Morgan fingerprint density at radius 2 is 2.14 bits per heavy atom. The van der Waals surface area contributed by atoms with Crippen LogP contribution in [0.15, 0.2) is 46.4 Å². The summed E-state index contributed by atoms with van der Waals surface area (Å²) in [6, 6.07) is 11.9. The highest BCUT2D eigenvalue weighted by Crippen LogP contribution is 2.25.